The normalized spacial score (nSPS) is 10.7. The van der Waals surface area contributed by atoms with E-state index in [9.17, 15) is 19.7 Å². The Hall–Kier alpha value is -3.82. The van der Waals surface area contributed by atoms with Crippen LogP contribution in [0.4, 0.5) is 5.69 Å². The number of ether oxygens (including phenoxy) is 2. The molecular formula is C19H19N3O7. The average molecular weight is 401 g/mol. The number of carbonyl (C=O) groups is 1. The highest BCUT2D eigenvalue weighted by atomic mass is 16.6. The lowest BCUT2D eigenvalue weighted by molar-refractivity contribution is -0.384. The van der Waals surface area contributed by atoms with E-state index in [1.165, 1.54) is 12.1 Å². The van der Waals surface area contributed by atoms with Crippen LogP contribution in [0.1, 0.15) is 5.56 Å². The fourth-order valence-corrected chi connectivity index (χ4v) is 2.90. The van der Waals surface area contributed by atoms with Crippen LogP contribution in [0, 0.1) is 10.1 Å². The molecule has 0 saturated carbocycles. The van der Waals surface area contributed by atoms with E-state index < -0.39 is 10.7 Å². The Labute approximate surface area is 164 Å². The van der Waals surface area contributed by atoms with Gasteiger partial charge in [-0.05, 0) is 30.2 Å². The third-order valence-corrected chi connectivity index (χ3v) is 4.35. The molecule has 1 amide bonds. The van der Waals surface area contributed by atoms with E-state index in [0.29, 0.717) is 30.0 Å². The zero-order valence-electron chi connectivity index (χ0n) is 15.8. The lowest BCUT2D eigenvalue weighted by atomic mass is 10.1. The summed E-state index contributed by atoms with van der Waals surface area (Å²) < 4.78 is 16.6. The summed E-state index contributed by atoms with van der Waals surface area (Å²) in [5, 5.41) is 13.6. The number of carbonyl (C=O) groups excluding carboxylic acids is 1. The largest absolute Gasteiger partial charge is 0.493 e. The number of nitro groups is 1. The van der Waals surface area contributed by atoms with Gasteiger partial charge in [0.1, 0.15) is 6.54 Å². The third-order valence-electron chi connectivity index (χ3n) is 4.35. The first-order valence-corrected chi connectivity index (χ1v) is 8.68. The highest BCUT2D eigenvalue weighted by Gasteiger charge is 2.16. The number of rotatable bonds is 8. The predicted molar refractivity (Wildman–Crippen MR) is 103 cm³/mol. The topological polar surface area (TPSA) is 126 Å². The molecule has 0 aliphatic carbocycles. The van der Waals surface area contributed by atoms with E-state index in [1.807, 2.05) is 12.1 Å². The number of oxazole rings is 1. The molecule has 1 aromatic heterocycles. The van der Waals surface area contributed by atoms with Crippen molar-refractivity contribution >= 4 is 22.7 Å². The van der Waals surface area contributed by atoms with Crippen LogP contribution < -0.4 is 20.5 Å². The lowest BCUT2D eigenvalue weighted by Gasteiger charge is -2.10. The van der Waals surface area contributed by atoms with Gasteiger partial charge in [-0.25, -0.2) is 4.79 Å². The van der Waals surface area contributed by atoms with Crippen LogP contribution in [0.15, 0.2) is 45.6 Å². The number of amides is 1. The van der Waals surface area contributed by atoms with E-state index in [0.717, 1.165) is 16.2 Å². The molecule has 0 unspecified atom stereocenters. The summed E-state index contributed by atoms with van der Waals surface area (Å²) in [7, 11) is 3.10. The monoisotopic (exact) mass is 401 g/mol. The summed E-state index contributed by atoms with van der Waals surface area (Å²) in [6.07, 6.45) is 0.555. The number of aromatic nitrogens is 1. The summed E-state index contributed by atoms with van der Waals surface area (Å²) >= 11 is 0. The number of benzene rings is 2. The molecule has 0 aliphatic rings. The third kappa shape index (κ3) is 4.37. The molecule has 10 heteroatoms. The first kappa shape index (κ1) is 19.9. The number of nitrogens with one attached hydrogen (secondary N) is 1. The first-order chi connectivity index (χ1) is 13.9. The number of fused-ring (bicyclic) bond motifs is 1. The molecule has 0 saturated heterocycles. The van der Waals surface area contributed by atoms with Crippen molar-refractivity contribution in [2.45, 2.75) is 13.0 Å². The second-order valence-corrected chi connectivity index (χ2v) is 6.15. The van der Waals surface area contributed by atoms with Gasteiger partial charge in [0, 0.05) is 12.6 Å². The van der Waals surface area contributed by atoms with Gasteiger partial charge in [0.15, 0.2) is 17.1 Å². The van der Waals surface area contributed by atoms with Crippen molar-refractivity contribution in [1.29, 1.82) is 0 Å². The minimum atomic E-state index is -0.754. The molecule has 1 heterocycles. The fraction of sp³-hybridized carbons (Fsp3) is 0.263. The van der Waals surface area contributed by atoms with Crippen LogP contribution in [0.5, 0.6) is 11.5 Å². The van der Waals surface area contributed by atoms with Crippen molar-refractivity contribution in [3.8, 4) is 11.5 Å². The van der Waals surface area contributed by atoms with Gasteiger partial charge in [0.2, 0.25) is 5.91 Å². The summed E-state index contributed by atoms with van der Waals surface area (Å²) in [5.74, 6) is 0.0812. The standard InChI is InChI=1S/C19H19N3O7/c1-27-15-6-3-12(9-17(15)28-2)7-8-20-18(23)11-21-14-5-4-13(22(25)26)10-16(14)29-19(21)24/h3-6,9-10H,7-8,11H2,1-2H3,(H,20,23). The molecule has 2 aromatic carbocycles. The number of nitro benzene ring substituents is 1. The van der Waals surface area contributed by atoms with Crippen LogP contribution >= 0.6 is 0 Å². The Kier molecular flexibility index (Phi) is 5.82. The maximum atomic E-state index is 12.2. The van der Waals surface area contributed by atoms with Crippen LogP contribution in [-0.2, 0) is 17.8 Å². The van der Waals surface area contributed by atoms with Crippen molar-refractivity contribution in [1.82, 2.24) is 9.88 Å². The van der Waals surface area contributed by atoms with Gasteiger partial charge in [0.05, 0.1) is 30.7 Å². The number of non-ortho nitro benzene ring substituents is 1. The molecule has 0 radical (unpaired) electrons. The molecule has 0 aliphatic heterocycles. The summed E-state index contributed by atoms with van der Waals surface area (Å²) in [6.45, 7) is 0.0971. The average Bonchev–Trinajstić information content (AvgIpc) is 3.02. The number of hydrogen-bond donors (Lipinski definition) is 1. The molecule has 0 fully saturated rings. The van der Waals surface area contributed by atoms with Crippen LogP contribution in [-0.4, -0.2) is 36.2 Å². The molecule has 3 rings (SSSR count). The maximum absolute atomic E-state index is 12.2. The highest BCUT2D eigenvalue weighted by Crippen LogP contribution is 2.27. The van der Waals surface area contributed by atoms with Gasteiger partial charge >= 0.3 is 5.76 Å². The summed E-state index contributed by atoms with van der Waals surface area (Å²) in [6, 6.07) is 9.27. The van der Waals surface area contributed by atoms with Gasteiger partial charge in [-0.3, -0.25) is 19.5 Å². The molecule has 0 bridgehead atoms. The first-order valence-electron chi connectivity index (χ1n) is 8.68. The number of methoxy groups -OCH3 is 2. The SMILES string of the molecule is COc1ccc(CCNC(=O)Cn2c(=O)oc3cc([N+](=O)[O-])ccc32)cc1OC. The van der Waals surface area contributed by atoms with E-state index in [-0.39, 0.29) is 23.7 Å². The van der Waals surface area contributed by atoms with E-state index in [1.54, 1.807) is 20.3 Å². The molecule has 0 atom stereocenters. The molecule has 29 heavy (non-hydrogen) atoms. The Morgan fingerprint density at radius 2 is 1.93 bits per heavy atom. The van der Waals surface area contributed by atoms with Gasteiger partial charge in [-0.1, -0.05) is 6.07 Å². The Morgan fingerprint density at radius 3 is 2.62 bits per heavy atom. The highest BCUT2D eigenvalue weighted by molar-refractivity contribution is 5.80. The second kappa shape index (κ2) is 8.46. The molecular weight excluding hydrogens is 382 g/mol. The van der Waals surface area contributed by atoms with Crippen LogP contribution in [0.25, 0.3) is 11.1 Å². The minimum Gasteiger partial charge on any atom is -0.493 e. The van der Waals surface area contributed by atoms with Crippen LogP contribution in [0.3, 0.4) is 0 Å². The molecule has 0 spiro atoms. The van der Waals surface area contributed by atoms with Crippen molar-refractivity contribution < 1.29 is 23.6 Å². The zero-order chi connectivity index (χ0) is 21.0. The quantitative estimate of drug-likeness (QED) is 0.451. The zero-order valence-corrected chi connectivity index (χ0v) is 15.8. The lowest BCUT2D eigenvalue weighted by Crippen LogP contribution is -2.32. The molecule has 152 valence electrons. The van der Waals surface area contributed by atoms with Crippen molar-refractivity contribution in [2.75, 3.05) is 20.8 Å². The Morgan fingerprint density at radius 1 is 1.17 bits per heavy atom. The van der Waals surface area contributed by atoms with Gasteiger partial charge in [-0.2, -0.15) is 0 Å². The van der Waals surface area contributed by atoms with Crippen molar-refractivity contribution in [3.63, 3.8) is 0 Å². The second-order valence-electron chi connectivity index (χ2n) is 6.15. The summed E-state index contributed by atoms with van der Waals surface area (Å²) in [5.41, 5.74) is 1.12. The summed E-state index contributed by atoms with van der Waals surface area (Å²) in [4.78, 5) is 34.5. The predicted octanol–water partition coefficient (Wildman–Crippen LogP) is 1.88. The van der Waals surface area contributed by atoms with Gasteiger partial charge < -0.3 is 19.2 Å². The molecule has 3 aromatic rings. The van der Waals surface area contributed by atoms with Crippen molar-refractivity contribution in [2.24, 2.45) is 0 Å². The Bertz CT molecular complexity index is 1120. The van der Waals surface area contributed by atoms with E-state index in [4.69, 9.17) is 13.9 Å². The van der Waals surface area contributed by atoms with E-state index >= 15 is 0 Å². The smallest absolute Gasteiger partial charge is 0.420 e. The number of nitrogens with zero attached hydrogens (tertiary/aromatic N) is 2. The van der Waals surface area contributed by atoms with Crippen molar-refractivity contribution in [3.05, 3.63) is 62.6 Å². The van der Waals surface area contributed by atoms with Crippen LogP contribution in [0.2, 0.25) is 0 Å². The number of hydrogen-bond acceptors (Lipinski definition) is 7. The van der Waals surface area contributed by atoms with E-state index in [2.05, 4.69) is 5.32 Å². The van der Waals surface area contributed by atoms with Gasteiger partial charge in [-0.15, -0.1) is 0 Å². The minimum absolute atomic E-state index is 0.0577. The maximum Gasteiger partial charge on any atom is 0.420 e. The molecule has 10 nitrogen and oxygen atoms in total. The Balaban J connectivity index is 1.63. The fourth-order valence-electron chi connectivity index (χ4n) is 2.90. The van der Waals surface area contributed by atoms with Gasteiger partial charge in [0.25, 0.3) is 5.69 Å². The molecule has 1 N–H and O–H groups in total.